The number of rotatable bonds is 10. The zero-order chi connectivity index (χ0) is 20.7. The van der Waals surface area contributed by atoms with Gasteiger partial charge in [-0.05, 0) is 50.8 Å². The molecule has 0 bridgehead atoms. The van der Waals surface area contributed by atoms with Gasteiger partial charge in [-0.25, -0.2) is 4.79 Å². The van der Waals surface area contributed by atoms with Gasteiger partial charge in [0.05, 0.1) is 7.11 Å². The fourth-order valence-corrected chi connectivity index (χ4v) is 3.48. The van der Waals surface area contributed by atoms with Crippen LogP contribution in [0.2, 0.25) is 0 Å². The summed E-state index contributed by atoms with van der Waals surface area (Å²) in [5, 5.41) is 0. The molecule has 0 amide bonds. The molecule has 0 aliphatic rings. The zero-order valence-electron chi connectivity index (χ0n) is 17.0. The first-order valence-electron chi connectivity index (χ1n) is 9.01. The highest BCUT2D eigenvalue weighted by atomic mass is 32.2. The van der Waals surface area contributed by atoms with E-state index in [4.69, 9.17) is 14.2 Å². The van der Waals surface area contributed by atoms with Gasteiger partial charge in [0, 0.05) is 42.1 Å². The third-order valence-corrected chi connectivity index (χ3v) is 5.29. The summed E-state index contributed by atoms with van der Waals surface area (Å²) in [5.74, 6) is -0.369. The number of hydrogen-bond acceptors (Lipinski definition) is 6. The number of aryl methyl sites for hydroxylation is 1. The smallest absolute Gasteiger partial charge is 0.342 e. The normalized spacial score (nSPS) is 10.8. The highest BCUT2D eigenvalue weighted by Crippen LogP contribution is 2.26. The van der Waals surface area contributed by atoms with E-state index in [1.54, 1.807) is 31.0 Å². The number of carbonyl (C=O) groups excluding carboxylic acids is 2. The van der Waals surface area contributed by atoms with Gasteiger partial charge in [-0.3, -0.25) is 4.79 Å². The Hall–Kier alpha value is -2.25. The first kappa shape index (κ1) is 22.0. The first-order valence-corrected chi connectivity index (χ1v) is 10.2. The molecule has 0 N–H and O–H groups in total. The monoisotopic (exact) mass is 405 g/mol. The average Bonchev–Trinajstić information content (AvgIpc) is 2.99. The lowest BCUT2D eigenvalue weighted by Gasteiger charge is -2.10. The number of benzene rings is 1. The quantitative estimate of drug-likeness (QED) is 0.258. The van der Waals surface area contributed by atoms with Crippen LogP contribution in [-0.2, 0) is 16.0 Å². The van der Waals surface area contributed by atoms with Gasteiger partial charge < -0.3 is 18.8 Å². The van der Waals surface area contributed by atoms with Crippen LogP contribution in [0.25, 0.3) is 0 Å². The van der Waals surface area contributed by atoms with Crippen LogP contribution in [0.4, 0.5) is 0 Å². The summed E-state index contributed by atoms with van der Waals surface area (Å²) in [5.41, 5.74) is 2.75. The van der Waals surface area contributed by atoms with Crippen molar-refractivity contribution in [1.82, 2.24) is 4.57 Å². The molecule has 0 saturated heterocycles. The molecular weight excluding hydrogens is 378 g/mol. The van der Waals surface area contributed by atoms with Crippen LogP contribution >= 0.6 is 11.8 Å². The minimum atomic E-state index is -0.577. The SMILES string of the molecule is COCCCn1c(C)cc(C(=O)COC(=O)c2ccc(SC)cc2OC)c1C. The number of nitrogens with zero attached hydrogens (tertiary/aromatic N) is 1. The lowest BCUT2D eigenvalue weighted by molar-refractivity contribution is 0.0471. The predicted molar refractivity (Wildman–Crippen MR) is 110 cm³/mol. The molecule has 0 unspecified atom stereocenters. The molecule has 0 spiro atoms. The van der Waals surface area contributed by atoms with Gasteiger partial charge in [-0.15, -0.1) is 11.8 Å². The summed E-state index contributed by atoms with van der Waals surface area (Å²) >= 11 is 1.55. The van der Waals surface area contributed by atoms with E-state index in [1.807, 2.05) is 32.2 Å². The topological polar surface area (TPSA) is 66.8 Å². The molecule has 2 aromatic rings. The summed E-state index contributed by atoms with van der Waals surface area (Å²) in [4.78, 5) is 26.0. The number of thioether (sulfide) groups is 1. The summed E-state index contributed by atoms with van der Waals surface area (Å²) in [6, 6.07) is 7.08. The number of methoxy groups -OCH3 is 2. The first-order chi connectivity index (χ1) is 13.4. The molecule has 0 atom stereocenters. The van der Waals surface area contributed by atoms with Crippen molar-refractivity contribution in [1.29, 1.82) is 0 Å². The predicted octanol–water partition coefficient (Wildman–Crippen LogP) is 3.91. The molecule has 0 saturated carbocycles. The number of ether oxygens (including phenoxy) is 3. The van der Waals surface area contributed by atoms with Crippen molar-refractivity contribution in [2.45, 2.75) is 31.7 Å². The third-order valence-electron chi connectivity index (χ3n) is 4.57. The third kappa shape index (κ3) is 5.17. The standard InChI is InChI=1S/C21H27NO5S/c1-14-11-18(15(2)22(14)9-6-10-25-3)19(23)13-27-21(24)17-8-7-16(28-5)12-20(17)26-4/h7-8,11-12H,6,9-10,13H2,1-5H3. The lowest BCUT2D eigenvalue weighted by atomic mass is 10.1. The van der Waals surface area contributed by atoms with Crippen LogP contribution in [0, 0.1) is 13.8 Å². The molecule has 1 aromatic heterocycles. The van der Waals surface area contributed by atoms with Crippen molar-refractivity contribution in [2.75, 3.05) is 33.7 Å². The van der Waals surface area contributed by atoms with Gasteiger partial charge in [0.2, 0.25) is 5.78 Å². The second-order valence-electron chi connectivity index (χ2n) is 6.35. The maximum Gasteiger partial charge on any atom is 0.342 e. The van der Waals surface area contributed by atoms with E-state index >= 15 is 0 Å². The highest BCUT2D eigenvalue weighted by molar-refractivity contribution is 7.98. The summed E-state index contributed by atoms with van der Waals surface area (Å²) in [6.07, 6.45) is 2.80. The van der Waals surface area contributed by atoms with Crippen LogP contribution in [0.3, 0.4) is 0 Å². The Morgan fingerprint density at radius 2 is 1.86 bits per heavy atom. The van der Waals surface area contributed by atoms with Crippen molar-refractivity contribution < 1.29 is 23.8 Å². The average molecular weight is 406 g/mol. The number of hydrogen-bond donors (Lipinski definition) is 0. The Kier molecular flexibility index (Phi) is 8.14. The molecule has 1 aromatic carbocycles. The Labute approximate surface area is 170 Å². The number of esters is 1. The Bertz CT molecular complexity index is 844. The fourth-order valence-electron chi connectivity index (χ4n) is 3.05. The van der Waals surface area contributed by atoms with Crippen molar-refractivity contribution in [3.8, 4) is 5.75 Å². The molecule has 28 heavy (non-hydrogen) atoms. The van der Waals surface area contributed by atoms with Crippen LogP contribution in [-0.4, -0.2) is 50.0 Å². The molecule has 6 nitrogen and oxygen atoms in total. The molecule has 1 heterocycles. The van der Waals surface area contributed by atoms with Gasteiger partial charge >= 0.3 is 5.97 Å². The Morgan fingerprint density at radius 1 is 1.11 bits per heavy atom. The van der Waals surface area contributed by atoms with E-state index in [9.17, 15) is 9.59 Å². The van der Waals surface area contributed by atoms with Crippen LogP contribution < -0.4 is 4.74 Å². The Balaban J connectivity index is 2.06. The zero-order valence-corrected chi connectivity index (χ0v) is 17.9. The molecule has 7 heteroatoms. The van der Waals surface area contributed by atoms with Crippen LogP contribution in [0.1, 0.15) is 38.5 Å². The molecule has 2 rings (SSSR count). The largest absolute Gasteiger partial charge is 0.496 e. The van der Waals surface area contributed by atoms with E-state index in [-0.39, 0.29) is 12.4 Å². The van der Waals surface area contributed by atoms with Gasteiger partial charge in [0.25, 0.3) is 0 Å². The van der Waals surface area contributed by atoms with Crippen molar-refractivity contribution >= 4 is 23.5 Å². The summed E-state index contributed by atoms with van der Waals surface area (Å²) < 4.78 is 17.7. The minimum absolute atomic E-state index is 0.223. The van der Waals surface area contributed by atoms with Crippen molar-refractivity contribution in [3.05, 3.63) is 46.8 Å². The van der Waals surface area contributed by atoms with Gasteiger partial charge in [0.15, 0.2) is 6.61 Å². The van der Waals surface area contributed by atoms with Crippen LogP contribution in [0.5, 0.6) is 5.75 Å². The maximum absolute atomic E-state index is 12.6. The molecular formula is C21H27NO5S. The second kappa shape index (κ2) is 10.3. The summed E-state index contributed by atoms with van der Waals surface area (Å²) in [7, 11) is 3.17. The Morgan fingerprint density at radius 3 is 2.50 bits per heavy atom. The number of carbonyl (C=O) groups is 2. The van der Waals surface area contributed by atoms with Crippen molar-refractivity contribution in [3.63, 3.8) is 0 Å². The van der Waals surface area contributed by atoms with E-state index in [0.717, 1.165) is 29.2 Å². The van der Waals surface area contributed by atoms with Crippen LogP contribution in [0.15, 0.2) is 29.2 Å². The number of Topliss-reactive ketones (excluding diaryl/α,β-unsaturated/α-hetero) is 1. The highest BCUT2D eigenvalue weighted by Gasteiger charge is 2.19. The van der Waals surface area contributed by atoms with E-state index in [2.05, 4.69) is 4.57 Å². The van der Waals surface area contributed by atoms with E-state index in [1.165, 1.54) is 7.11 Å². The molecule has 152 valence electrons. The van der Waals surface area contributed by atoms with Gasteiger partial charge in [0.1, 0.15) is 11.3 Å². The van der Waals surface area contributed by atoms with E-state index < -0.39 is 5.97 Å². The van der Waals surface area contributed by atoms with Gasteiger partial charge in [-0.2, -0.15) is 0 Å². The molecule has 0 aliphatic heterocycles. The van der Waals surface area contributed by atoms with Crippen molar-refractivity contribution in [2.24, 2.45) is 0 Å². The van der Waals surface area contributed by atoms with Gasteiger partial charge in [-0.1, -0.05) is 0 Å². The maximum atomic E-state index is 12.6. The lowest BCUT2D eigenvalue weighted by Crippen LogP contribution is -2.16. The van der Waals surface area contributed by atoms with E-state index in [0.29, 0.717) is 23.5 Å². The molecule has 0 fully saturated rings. The minimum Gasteiger partial charge on any atom is -0.496 e. The number of ketones is 1. The number of aromatic nitrogens is 1. The second-order valence-corrected chi connectivity index (χ2v) is 7.23. The molecule has 0 radical (unpaired) electrons. The fraction of sp³-hybridized carbons (Fsp3) is 0.429. The summed E-state index contributed by atoms with van der Waals surface area (Å²) in [6.45, 7) is 4.99. The molecule has 0 aliphatic carbocycles.